The molecule has 1 fully saturated rings. The van der Waals surface area contributed by atoms with Gasteiger partial charge >= 0.3 is 0 Å². The van der Waals surface area contributed by atoms with Crippen molar-refractivity contribution >= 4 is 11.3 Å². The number of ether oxygens (including phenoxy) is 1. The molecule has 0 saturated heterocycles. The number of thiazole rings is 1. The zero-order chi connectivity index (χ0) is 11.2. The van der Waals surface area contributed by atoms with E-state index in [4.69, 9.17) is 4.74 Å². The fourth-order valence-electron chi connectivity index (χ4n) is 1.53. The zero-order valence-electron chi connectivity index (χ0n) is 9.87. The van der Waals surface area contributed by atoms with E-state index in [2.05, 4.69) is 22.6 Å². The Kier molecular flexibility index (Phi) is 4.75. The van der Waals surface area contributed by atoms with Crippen molar-refractivity contribution in [3.63, 3.8) is 0 Å². The SMILES string of the molecule is CCCOCc1nc(CCNC2CC2)cs1. The van der Waals surface area contributed by atoms with Gasteiger partial charge in [-0.2, -0.15) is 0 Å². The molecule has 1 aliphatic rings. The van der Waals surface area contributed by atoms with Crippen LogP contribution in [0, 0.1) is 0 Å². The molecule has 1 saturated carbocycles. The Morgan fingerprint density at radius 2 is 2.44 bits per heavy atom. The van der Waals surface area contributed by atoms with Crippen LogP contribution < -0.4 is 5.32 Å². The van der Waals surface area contributed by atoms with Crippen molar-refractivity contribution in [1.82, 2.24) is 10.3 Å². The van der Waals surface area contributed by atoms with Gasteiger partial charge in [-0.15, -0.1) is 11.3 Å². The highest BCUT2D eigenvalue weighted by Crippen LogP contribution is 2.18. The van der Waals surface area contributed by atoms with Crippen LogP contribution >= 0.6 is 11.3 Å². The van der Waals surface area contributed by atoms with E-state index in [-0.39, 0.29) is 0 Å². The standard InChI is InChI=1S/C12H20N2OS/c1-2-7-15-8-12-14-11(9-16-12)5-6-13-10-3-4-10/h9-10,13H,2-8H2,1H3. The van der Waals surface area contributed by atoms with Crippen molar-refractivity contribution in [2.45, 2.75) is 45.3 Å². The average Bonchev–Trinajstić information content (AvgIpc) is 2.99. The van der Waals surface area contributed by atoms with Crippen molar-refractivity contribution in [3.8, 4) is 0 Å². The molecule has 0 bridgehead atoms. The quantitative estimate of drug-likeness (QED) is 0.708. The summed E-state index contributed by atoms with van der Waals surface area (Å²) in [4.78, 5) is 4.55. The number of nitrogens with one attached hydrogen (secondary N) is 1. The number of aromatic nitrogens is 1. The van der Waals surface area contributed by atoms with Crippen LogP contribution in [-0.4, -0.2) is 24.2 Å². The van der Waals surface area contributed by atoms with E-state index in [1.54, 1.807) is 11.3 Å². The van der Waals surface area contributed by atoms with Crippen LogP contribution in [0.4, 0.5) is 0 Å². The van der Waals surface area contributed by atoms with E-state index in [9.17, 15) is 0 Å². The van der Waals surface area contributed by atoms with Crippen molar-refractivity contribution in [2.75, 3.05) is 13.2 Å². The Hall–Kier alpha value is -0.450. The number of nitrogens with zero attached hydrogens (tertiary/aromatic N) is 1. The van der Waals surface area contributed by atoms with Gasteiger partial charge in [-0.25, -0.2) is 4.98 Å². The molecule has 0 spiro atoms. The van der Waals surface area contributed by atoms with Crippen LogP contribution in [-0.2, 0) is 17.8 Å². The first-order valence-corrected chi connectivity index (χ1v) is 7.01. The molecule has 1 N–H and O–H groups in total. The summed E-state index contributed by atoms with van der Waals surface area (Å²) in [5.74, 6) is 0. The van der Waals surface area contributed by atoms with Gasteiger partial charge in [0.05, 0.1) is 12.3 Å². The lowest BCUT2D eigenvalue weighted by Crippen LogP contribution is -2.19. The molecule has 3 nitrogen and oxygen atoms in total. The molecule has 0 atom stereocenters. The maximum atomic E-state index is 5.47. The molecule has 2 rings (SSSR count). The minimum atomic E-state index is 0.675. The number of rotatable bonds is 8. The van der Waals surface area contributed by atoms with Crippen LogP contribution in [0.2, 0.25) is 0 Å². The molecule has 0 aromatic carbocycles. The van der Waals surface area contributed by atoms with E-state index in [0.717, 1.165) is 37.0 Å². The summed E-state index contributed by atoms with van der Waals surface area (Å²) >= 11 is 1.71. The van der Waals surface area contributed by atoms with E-state index in [1.807, 2.05) is 0 Å². The Bertz CT molecular complexity index is 310. The average molecular weight is 240 g/mol. The second kappa shape index (κ2) is 6.33. The third-order valence-electron chi connectivity index (χ3n) is 2.56. The van der Waals surface area contributed by atoms with Crippen molar-refractivity contribution in [3.05, 3.63) is 16.1 Å². The first-order chi connectivity index (χ1) is 7.88. The number of hydrogen-bond acceptors (Lipinski definition) is 4. The van der Waals surface area contributed by atoms with Crippen molar-refractivity contribution < 1.29 is 4.74 Å². The van der Waals surface area contributed by atoms with Gasteiger partial charge in [-0.1, -0.05) is 6.92 Å². The summed E-state index contributed by atoms with van der Waals surface area (Å²) in [5, 5.41) is 6.76. The molecular weight excluding hydrogens is 220 g/mol. The Morgan fingerprint density at radius 3 is 3.19 bits per heavy atom. The summed E-state index contributed by atoms with van der Waals surface area (Å²) in [6.45, 7) is 4.69. The lowest BCUT2D eigenvalue weighted by molar-refractivity contribution is 0.121. The molecule has 0 aliphatic heterocycles. The van der Waals surface area contributed by atoms with Crippen LogP contribution in [0.3, 0.4) is 0 Å². The molecule has 90 valence electrons. The second-order valence-electron chi connectivity index (χ2n) is 4.26. The van der Waals surface area contributed by atoms with Gasteiger partial charge in [0.25, 0.3) is 0 Å². The topological polar surface area (TPSA) is 34.1 Å². The highest BCUT2D eigenvalue weighted by Gasteiger charge is 2.19. The molecule has 0 amide bonds. The van der Waals surface area contributed by atoms with Gasteiger partial charge in [0.1, 0.15) is 5.01 Å². The van der Waals surface area contributed by atoms with E-state index in [0.29, 0.717) is 6.61 Å². The maximum absolute atomic E-state index is 5.47. The Labute approximate surface area is 101 Å². The predicted octanol–water partition coefficient (Wildman–Crippen LogP) is 2.36. The third-order valence-corrected chi connectivity index (χ3v) is 3.44. The zero-order valence-corrected chi connectivity index (χ0v) is 10.7. The monoisotopic (exact) mass is 240 g/mol. The molecular formula is C12H20N2OS. The smallest absolute Gasteiger partial charge is 0.119 e. The first-order valence-electron chi connectivity index (χ1n) is 6.13. The largest absolute Gasteiger partial charge is 0.374 e. The predicted molar refractivity (Wildman–Crippen MR) is 66.8 cm³/mol. The van der Waals surface area contributed by atoms with Gasteiger partial charge in [0.2, 0.25) is 0 Å². The minimum Gasteiger partial charge on any atom is -0.374 e. The first kappa shape index (κ1) is 12.0. The van der Waals surface area contributed by atoms with Gasteiger partial charge in [-0.05, 0) is 19.3 Å². The summed E-state index contributed by atoms with van der Waals surface area (Å²) in [6.07, 6.45) is 4.82. The Morgan fingerprint density at radius 1 is 1.56 bits per heavy atom. The molecule has 1 aromatic rings. The second-order valence-corrected chi connectivity index (χ2v) is 5.21. The Balaban J connectivity index is 1.64. The summed E-state index contributed by atoms with van der Waals surface area (Å²) in [7, 11) is 0. The molecule has 0 radical (unpaired) electrons. The van der Waals surface area contributed by atoms with Gasteiger partial charge in [0.15, 0.2) is 0 Å². The van der Waals surface area contributed by atoms with Crippen LogP contribution in [0.15, 0.2) is 5.38 Å². The highest BCUT2D eigenvalue weighted by molar-refractivity contribution is 7.09. The normalized spacial score (nSPS) is 15.6. The number of hydrogen-bond donors (Lipinski definition) is 1. The van der Waals surface area contributed by atoms with Crippen molar-refractivity contribution in [2.24, 2.45) is 0 Å². The summed E-state index contributed by atoms with van der Waals surface area (Å²) in [6, 6.07) is 0.797. The molecule has 0 unspecified atom stereocenters. The van der Waals surface area contributed by atoms with Crippen LogP contribution in [0.1, 0.15) is 36.9 Å². The van der Waals surface area contributed by atoms with E-state index < -0.39 is 0 Å². The van der Waals surface area contributed by atoms with Crippen LogP contribution in [0.5, 0.6) is 0 Å². The van der Waals surface area contributed by atoms with Gasteiger partial charge in [0, 0.05) is 31.0 Å². The van der Waals surface area contributed by atoms with Crippen molar-refractivity contribution in [1.29, 1.82) is 0 Å². The molecule has 4 heteroatoms. The summed E-state index contributed by atoms with van der Waals surface area (Å²) < 4.78 is 5.47. The molecule has 1 aliphatic carbocycles. The van der Waals surface area contributed by atoms with E-state index in [1.165, 1.54) is 18.5 Å². The lowest BCUT2D eigenvalue weighted by Gasteiger charge is -1.99. The van der Waals surface area contributed by atoms with Gasteiger partial charge < -0.3 is 10.1 Å². The third kappa shape index (κ3) is 4.20. The fraction of sp³-hybridized carbons (Fsp3) is 0.750. The lowest BCUT2D eigenvalue weighted by atomic mass is 10.3. The van der Waals surface area contributed by atoms with Gasteiger partial charge in [-0.3, -0.25) is 0 Å². The summed E-state index contributed by atoms with van der Waals surface area (Å²) in [5.41, 5.74) is 1.20. The van der Waals surface area contributed by atoms with E-state index >= 15 is 0 Å². The highest BCUT2D eigenvalue weighted by atomic mass is 32.1. The minimum absolute atomic E-state index is 0.675. The fourth-order valence-corrected chi connectivity index (χ4v) is 2.29. The molecule has 1 aromatic heterocycles. The molecule has 1 heterocycles. The molecule has 16 heavy (non-hydrogen) atoms. The van der Waals surface area contributed by atoms with Crippen LogP contribution in [0.25, 0.3) is 0 Å². The maximum Gasteiger partial charge on any atom is 0.119 e.